The Kier molecular flexibility index (Phi) is 5.82. The van der Waals surface area contributed by atoms with E-state index in [1.807, 2.05) is 53.4 Å². The molecule has 0 unspecified atom stereocenters. The third-order valence-corrected chi connectivity index (χ3v) is 7.95. The molecule has 2 aromatic carbocycles. The van der Waals surface area contributed by atoms with Gasteiger partial charge < -0.3 is 24.4 Å². The van der Waals surface area contributed by atoms with Crippen LogP contribution >= 0.6 is 0 Å². The fourth-order valence-electron chi connectivity index (χ4n) is 5.78. The van der Waals surface area contributed by atoms with Gasteiger partial charge in [-0.25, -0.2) is 0 Å². The van der Waals surface area contributed by atoms with Gasteiger partial charge in [-0.3, -0.25) is 9.59 Å². The smallest absolute Gasteiger partial charge is 0.287 e. The van der Waals surface area contributed by atoms with Crippen LogP contribution in [0.25, 0.3) is 22.1 Å². The number of nitrogens with zero attached hydrogens (tertiary/aromatic N) is 3. The van der Waals surface area contributed by atoms with Crippen LogP contribution in [0, 0.1) is 5.92 Å². The van der Waals surface area contributed by atoms with Crippen molar-refractivity contribution in [2.45, 2.75) is 18.9 Å². The summed E-state index contributed by atoms with van der Waals surface area (Å²) in [6.07, 6.45) is 2.30. The summed E-state index contributed by atoms with van der Waals surface area (Å²) < 4.78 is 6.14. The molecule has 3 aromatic rings. The van der Waals surface area contributed by atoms with Crippen molar-refractivity contribution >= 4 is 22.8 Å². The van der Waals surface area contributed by atoms with E-state index in [1.165, 1.54) is 0 Å². The predicted octanol–water partition coefficient (Wildman–Crippen LogP) is 3.31. The largest absolute Gasteiger partial charge is 0.450 e. The van der Waals surface area contributed by atoms with Crippen LogP contribution in [-0.2, 0) is 0 Å². The lowest BCUT2D eigenvalue weighted by Crippen LogP contribution is -2.57. The van der Waals surface area contributed by atoms with Crippen LogP contribution in [0.1, 0.15) is 33.8 Å². The molecule has 1 atom stereocenters. The molecule has 7 nitrogen and oxygen atoms in total. The van der Waals surface area contributed by atoms with Crippen molar-refractivity contribution in [2.75, 3.05) is 52.9 Å². The monoisotopic (exact) mass is 472 g/mol. The number of carbonyl (C=O) groups excluding carboxylic acids is 2. The SMILES string of the molecule is CN1CCN(C(=O)c2cccc(-c3cccc4cc(C(=O)N[C@@H]5CN6CCC5CC6)oc34)c2)CC1. The normalized spacial score (nSPS) is 24.6. The van der Waals surface area contributed by atoms with Gasteiger partial charge in [0.25, 0.3) is 11.8 Å². The predicted molar refractivity (Wildman–Crippen MR) is 135 cm³/mol. The Morgan fingerprint density at radius 2 is 1.71 bits per heavy atom. The highest BCUT2D eigenvalue weighted by molar-refractivity contribution is 6.01. The molecule has 182 valence electrons. The molecular formula is C28H32N4O3. The van der Waals surface area contributed by atoms with Crippen LogP contribution in [0.5, 0.6) is 0 Å². The second-order valence-electron chi connectivity index (χ2n) is 10.2. The van der Waals surface area contributed by atoms with Crippen molar-refractivity contribution in [1.82, 2.24) is 20.0 Å². The topological polar surface area (TPSA) is 69.0 Å². The van der Waals surface area contributed by atoms with E-state index in [-0.39, 0.29) is 17.9 Å². The highest BCUT2D eigenvalue weighted by atomic mass is 16.3. The maximum Gasteiger partial charge on any atom is 0.287 e. The maximum absolute atomic E-state index is 13.1. The van der Waals surface area contributed by atoms with Crippen LogP contribution in [0.2, 0.25) is 0 Å². The van der Waals surface area contributed by atoms with Gasteiger partial charge in [-0.05, 0) is 62.7 Å². The molecule has 4 fully saturated rings. The van der Waals surface area contributed by atoms with Crippen LogP contribution in [0.4, 0.5) is 0 Å². The molecule has 0 radical (unpaired) electrons. The van der Waals surface area contributed by atoms with E-state index in [0.29, 0.717) is 22.8 Å². The Labute approximate surface area is 205 Å². The molecule has 2 bridgehead atoms. The van der Waals surface area contributed by atoms with Crippen LogP contribution in [0.15, 0.2) is 52.9 Å². The average Bonchev–Trinajstić information content (AvgIpc) is 3.34. The molecule has 1 aromatic heterocycles. The summed E-state index contributed by atoms with van der Waals surface area (Å²) in [4.78, 5) is 32.8. The van der Waals surface area contributed by atoms with E-state index >= 15 is 0 Å². The average molecular weight is 473 g/mol. The van der Waals surface area contributed by atoms with Gasteiger partial charge in [-0.15, -0.1) is 0 Å². The molecule has 1 N–H and O–H groups in total. The number of para-hydroxylation sites is 1. The number of carbonyl (C=O) groups is 2. The van der Waals surface area contributed by atoms with E-state index < -0.39 is 0 Å². The lowest BCUT2D eigenvalue weighted by atomic mass is 9.84. The number of rotatable bonds is 4. The molecule has 7 rings (SSSR count). The van der Waals surface area contributed by atoms with Gasteiger partial charge in [0.2, 0.25) is 0 Å². The molecule has 0 spiro atoms. The minimum absolute atomic E-state index is 0.0594. The standard InChI is InChI=1S/C28H32N4O3/c1-30-12-14-32(15-13-30)28(34)22-6-2-4-20(16-22)23-7-3-5-21-17-25(35-26(21)23)27(33)29-24-18-31-10-8-19(24)9-11-31/h2-7,16-17,19,24H,8-15,18H2,1H3,(H,29,33)/t24-/m1/s1. The summed E-state index contributed by atoms with van der Waals surface area (Å²) in [7, 11) is 2.08. The number of hydrogen-bond acceptors (Lipinski definition) is 5. The Bertz CT molecular complexity index is 1250. The Morgan fingerprint density at radius 3 is 2.46 bits per heavy atom. The first kappa shape index (κ1) is 22.3. The lowest BCUT2D eigenvalue weighted by Gasteiger charge is -2.44. The molecule has 5 heterocycles. The Balaban J connectivity index is 1.25. The number of hydrogen-bond donors (Lipinski definition) is 1. The van der Waals surface area contributed by atoms with Crippen molar-refractivity contribution in [3.05, 3.63) is 59.9 Å². The number of furan rings is 1. The van der Waals surface area contributed by atoms with Crippen molar-refractivity contribution in [3.8, 4) is 11.1 Å². The number of likely N-dealkylation sites (N-methyl/N-ethyl adjacent to an activating group) is 1. The zero-order chi connectivity index (χ0) is 23.9. The first-order valence-corrected chi connectivity index (χ1v) is 12.7. The number of fused-ring (bicyclic) bond motifs is 4. The first-order chi connectivity index (χ1) is 17.0. The highest BCUT2D eigenvalue weighted by Gasteiger charge is 2.35. The molecule has 2 amide bonds. The van der Waals surface area contributed by atoms with Crippen molar-refractivity contribution in [1.29, 1.82) is 0 Å². The second kappa shape index (κ2) is 9.13. The van der Waals surface area contributed by atoms with E-state index in [2.05, 4.69) is 22.2 Å². The second-order valence-corrected chi connectivity index (χ2v) is 10.2. The molecule has 7 heteroatoms. The van der Waals surface area contributed by atoms with Crippen LogP contribution in [-0.4, -0.2) is 85.4 Å². The lowest BCUT2D eigenvalue weighted by molar-refractivity contribution is 0.0606. The van der Waals surface area contributed by atoms with Gasteiger partial charge in [-0.2, -0.15) is 0 Å². The van der Waals surface area contributed by atoms with Crippen LogP contribution in [0.3, 0.4) is 0 Å². The molecule has 35 heavy (non-hydrogen) atoms. The number of piperidine rings is 3. The van der Waals surface area contributed by atoms with E-state index in [0.717, 1.165) is 75.2 Å². The molecule has 4 aliphatic heterocycles. The summed E-state index contributed by atoms with van der Waals surface area (Å²) in [5.41, 5.74) is 3.15. The summed E-state index contributed by atoms with van der Waals surface area (Å²) in [6, 6.07) is 15.7. The quantitative estimate of drug-likeness (QED) is 0.631. The van der Waals surface area contributed by atoms with E-state index in [1.54, 1.807) is 0 Å². The third kappa shape index (κ3) is 4.34. The van der Waals surface area contributed by atoms with Gasteiger partial charge in [0.15, 0.2) is 5.76 Å². The molecule has 0 aliphatic carbocycles. The highest BCUT2D eigenvalue weighted by Crippen LogP contribution is 2.32. The van der Waals surface area contributed by atoms with Crippen molar-refractivity contribution < 1.29 is 14.0 Å². The number of benzene rings is 2. The van der Waals surface area contributed by atoms with Gasteiger partial charge in [0.05, 0.1) is 0 Å². The zero-order valence-corrected chi connectivity index (χ0v) is 20.2. The number of nitrogens with one attached hydrogen (secondary N) is 1. The van der Waals surface area contributed by atoms with Crippen molar-refractivity contribution in [2.24, 2.45) is 5.92 Å². The summed E-state index contributed by atoms with van der Waals surface area (Å²) in [6.45, 7) is 6.47. The fourth-order valence-corrected chi connectivity index (χ4v) is 5.78. The van der Waals surface area contributed by atoms with Gasteiger partial charge in [0, 0.05) is 55.3 Å². The minimum atomic E-state index is -0.148. The van der Waals surface area contributed by atoms with Gasteiger partial charge in [-0.1, -0.05) is 30.3 Å². The summed E-state index contributed by atoms with van der Waals surface area (Å²) in [5, 5.41) is 4.11. The summed E-state index contributed by atoms with van der Waals surface area (Å²) >= 11 is 0. The number of piperazine rings is 1. The minimum Gasteiger partial charge on any atom is -0.450 e. The third-order valence-electron chi connectivity index (χ3n) is 7.95. The first-order valence-electron chi connectivity index (χ1n) is 12.7. The van der Waals surface area contributed by atoms with Crippen LogP contribution < -0.4 is 5.32 Å². The molecule has 4 aliphatic rings. The zero-order valence-electron chi connectivity index (χ0n) is 20.2. The fraction of sp³-hybridized carbons (Fsp3) is 0.429. The molecule has 4 saturated heterocycles. The van der Waals surface area contributed by atoms with Gasteiger partial charge >= 0.3 is 0 Å². The van der Waals surface area contributed by atoms with Gasteiger partial charge in [0.1, 0.15) is 5.58 Å². The molecule has 0 saturated carbocycles. The Hall–Kier alpha value is -3.16. The summed E-state index contributed by atoms with van der Waals surface area (Å²) in [5.74, 6) is 0.812. The molecular weight excluding hydrogens is 440 g/mol. The Morgan fingerprint density at radius 1 is 0.943 bits per heavy atom. The van der Waals surface area contributed by atoms with E-state index in [9.17, 15) is 9.59 Å². The number of amides is 2. The van der Waals surface area contributed by atoms with E-state index in [4.69, 9.17) is 4.42 Å². The van der Waals surface area contributed by atoms with Crippen molar-refractivity contribution in [3.63, 3.8) is 0 Å². The maximum atomic E-state index is 13.1.